The molecule has 4 rings (SSSR count). The van der Waals surface area contributed by atoms with E-state index in [2.05, 4.69) is 20.2 Å². The number of ether oxygens (including phenoxy) is 1. The fraction of sp³-hybridized carbons (Fsp3) is 0.0909. The molecule has 0 aliphatic rings. The number of benzene rings is 3. The maximum absolute atomic E-state index is 12.6. The van der Waals surface area contributed by atoms with Gasteiger partial charge in [-0.2, -0.15) is 5.10 Å². The number of aromatic amines is 1. The zero-order chi connectivity index (χ0) is 21.8. The second-order valence-electron chi connectivity index (χ2n) is 6.68. The Kier molecular flexibility index (Phi) is 5.59. The highest BCUT2D eigenvalue weighted by molar-refractivity contribution is 7.92. The van der Waals surface area contributed by atoms with E-state index >= 15 is 0 Å². The molecule has 0 atom stereocenters. The molecule has 1 heterocycles. The lowest BCUT2D eigenvalue weighted by Gasteiger charge is -2.10. The van der Waals surface area contributed by atoms with Crippen molar-refractivity contribution in [1.82, 2.24) is 10.2 Å². The molecule has 1 aromatic heterocycles. The van der Waals surface area contributed by atoms with Crippen molar-refractivity contribution >= 4 is 38.2 Å². The molecule has 4 aromatic rings. The smallest absolute Gasteiger partial charge is 0.261 e. The Bertz CT molecular complexity index is 1310. The third kappa shape index (κ3) is 4.51. The summed E-state index contributed by atoms with van der Waals surface area (Å²) in [6.07, 6.45) is 1.68. The lowest BCUT2D eigenvalue weighted by Crippen LogP contribution is -2.14. The zero-order valence-electron chi connectivity index (χ0n) is 16.6. The normalized spacial score (nSPS) is 11.3. The number of para-hydroxylation sites is 1. The number of rotatable bonds is 7. The van der Waals surface area contributed by atoms with E-state index in [1.807, 2.05) is 19.1 Å². The van der Waals surface area contributed by atoms with Crippen molar-refractivity contribution < 1.29 is 17.9 Å². The van der Waals surface area contributed by atoms with Crippen LogP contribution in [0.4, 0.5) is 11.4 Å². The third-order valence-corrected chi connectivity index (χ3v) is 5.97. The van der Waals surface area contributed by atoms with E-state index < -0.39 is 10.0 Å². The van der Waals surface area contributed by atoms with Gasteiger partial charge < -0.3 is 10.1 Å². The molecule has 9 heteroatoms. The number of hydrogen-bond acceptors (Lipinski definition) is 5. The first-order valence-corrected chi connectivity index (χ1v) is 11.0. The Labute approximate surface area is 179 Å². The molecule has 0 aliphatic carbocycles. The quantitative estimate of drug-likeness (QED) is 0.405. The summed E-state index contributed by atoms with van der Waals surface area (Å²) in [4.78, 5) is 12.7. The minimum absolute atomic E-state index is 0.116. The summed E-state index contributed by atoms with van der Waals surface area (Å²) >= 11 is 0. The Balaban J connectivity index is 1.46. The lowest BCUT2D eigenvalue weighted by atomic mass is 10.2. The fourth-order valence-corrected chi connectivity index (χ4v) is 4.11. The Morgan fingerprint density at radius 3 is 2.48 bits per heavy atom. The first kappa shape index (κ1) is 20.4. The molecule has 1 amide bonds. The highest BCUT2D eigenvalue weighted by atomic mass is 32.2. The van der Waals surface area contributed by atoms with Gasteiger partial charge >= 0.3 is 0 Å². The predicted molar refractivity (Wildman–Crippen MR) is 119 cm³/mol. The van der Waals surface area contributed by atoms with E-state index in [9.17, 15) is 13.2 Å². The van der Waals surface area contributed by atoms with Gasteiger partial charge in [-0.3, -0.25) is 14.6 Å². The molecule has 0 radical (unpaired) electrons. The number of nitrogens with one attached hydrogen (secondary N) is 3. The van der Waals surface area contributed by atoms with Gasteiger partial charge in [-0.05, 0) is 61.5 Å². The average molecular weight is 436 g/mol. The molecule has 158 valence electrons. The van der Waals surface area contributed by atoms with Gasteiger partial charge in [0, 0.05) is 16.6 Å². The van der Waals surface area contributed by atoms with Crippen LogP contribution in [0.25, 0.3) is 10.9 Å². The SMILES string of the molecule is CCOc1ccc(S(=O)(=O)Nc2ccc(C(=O)Nc3cccc4cn[nH]c34)cc2)cc1. The van der Waals surface area contributed by atoms with Crippen molar-refractivity contribution in [1.29, 1.82) is 0 Å². The Morgan fingerprint density at radius 2 is 1.77 bits per heavy atom. The number of amides is 1. The molecule has 0 unspecified atom stereocenters. The van der Waals surface area contributed by atoms with Crippen LogP contribution in [0.2, 0.25) is 0 Å². The molecule has 0 aliphatic heterocycles. The van der Waals surface area contributed by atoms with E-state index in [4.69, 9.17) is 4.74 Å². The predicted octanol–water partition coefficient (Wildman–Crippen LogP) is 4.01. The molecule has 0 saturated carbocycles. The lowest BCUT2D eigenvalue weighted by molar-refractivity contribution is 0.102. The van der Waals surface area contributed by atoms with Crippen LogP contribution in [0.3, 0.4) is 0 Å². The average Bonchev–Trinajstić information content (AvgIpc) is 3.25. The van der Waals surface area contributed by atoms with Crippen LogP contribution in [0, 0.1) is 0 Å². The molecule has 3 N–H and O–H groups in total. The summed E-state index contributed by atoms with van der Waals surface area (Å²) in [5.74, 6) is 0.283. The first-order chi connectivity index (χ1) is 15.0. The summed E-state index contributed by atoms with van der Waals surface area (Å²) in [6.45, 7) is 2.36. The van der Waals surface area contributed by atoms with Gasteiger partial charge in [0.2, 0.25) is 0 Å². The van der Waals surface area contributed by atoms with Crippen molar-refractivity contribution in [2.45, 2.75) is 11.8 Å². The second kappa shape index (κ2) is 8.49. The van der Waals surface area contributed by atoms with E-state index in [-0.39, 0.29) is 10.8 Å². The van der Waals surface area contributed by atoms with Gasteiger partial charge in [0.15, 0.2) is 0 Å². The van der Waals surface area contributed by atoms with Crippen molar-refractivity contribution in [2.75, 3.05) is 16.6 Å². The molecular weight excluding hydrogens is 416 g/mol. The third-order valence-electron chi connectivity index (χ3n) is 4.57. The van der Waals surface area contributed by atoms with Gasteiger partial charge in [-0.15, -0.1) is 0 Å². The molecule has 3 aromatic carbocycles. The van der Waals surface area contributed by atoms with Crippen LogP contribution < -0.4 is 14.8 Å². The summed E-state index contributed by atoms with van der Waals surface area (Å²) in [6, 6.07) is 17.8. The van der Waals surface area contributed by atoms with Crippen LogP contribution in [0.1, 0.15) is 17.3 Å². The number of aromatic nitrogens is 2. The van der Waals surface area contributed by atoms with Crippen LogP contribution in [0.15, 0.2) is 77.8 Å². The van der Waals surface area contributed by atoms with E-state index in [1.165, 1.54) is 24.3 Å². The zero-order valence-corrected chi connectivity index (χ0v) is 17.4. The highest BCUT2D eigenvalue weighted by Crippen LogP contribution is 2.22. The summed E-state index contributed by atoms with van der Waals surface area (Å²) in [5.41, 5.74) is 2.08. The van der Waals surface area contributed by atoms with Crippen LogP contribution >= 0.6 is 0 Å². The number of nitrogens with zero attached hydrogens (tertiary/aromatic N) is 1. The number of hydrogen-bond donors (Lipinski definition) is 3. The number of H-pyrrole nitrogens is 1. The molecule has 0 saturated heterocycles. The number of anilines is 2. The molecule has 0 spiro atoms. The molecule has 8 nitrogen and oxygen atoms in total. The number of carbonyl (C=O) groups excluding carboxylic acids is 1. The Morgan fingerprint density at radius 1 is 1.03 bits per heavy atom. The van der Waals surface area contributed by atoms with Crippen molar-refractivity contribution in [3.63, 3.8) is 0 Å². The molecule has 0 fully saturated rings. The topological polar surface area (TPSA) is 113 Å². The van der Waals surface area contributed by atoms with E-state index in [1.54, 1.807) is 36.5 Å². The summed E-state index contributed by atoms with van der Waals surface area (Å²) in [7, 11) is -3.76. The van der Waals surface area contributed by atoms with Crippen LogP contribution in [-0.4, -0.2) is 31.1 Å². The largest absolute Gasteiger partial charge is 0.494 e. The van der Waals surface area contributed by atoms with Crippen molar-refractivity contribution in [3.8, 4) is 5.75 Å². The first-order valence-electron chi connectivity index (χ1n) is 9.55. The monoisotopic (exact) mass is 436 g/mol. The van der Waals surface area contributed by atoms with Gasteiger partial charge in [-0.25, -0.2) is 8.42 Å². The van der Waals surface area contributed by atoms with Crippen molar-refractivity contribution in [2.24, 2.45) is 0 Å². The van der Waals surface area contributed by atoms with Crippen LogP contribution in [-0.2, 0) is 10.0 Å². The van der Waals surface area contributed by atoms with Crippen LogP contribution in [0.5, 0.6) is 5.75 Å². The van der Waals surface area contributed by atoms with Crippen molar-refractivity contribution in [3.05, 3.63) is 78.5 Å². The molecular formula is C22H20N4O4S. The maximum Gasteiger partial charge on any atom is 0.261 e. The number of carbonyl (C=O) groups is 1. The maximum atomic E-state index is 12.6. The standard InChI is InChI=1S/C22H20N4O4S/c1-2-30-18-10-12-19(13-11-18)31(28,29)26-17-8-6-15(7-9-17)22(27)24-20-5-3-4-16-14-23-25-21(16)20/h3-14,26H,2H2,1H3,(H,23,25)(H,24,27). The number of fused-ring (bicyclic) bond motifs is 1. The Hall–Kier alpha value is -3.85. The minimum atomic E-state index is -3.76. The van der Waals surface area contributed by atoms with Gasteiger partial charge in [-0.1, -0.05) is 12.1 Å². The fourth-order valence-electron chi connectivity index (χ4n) is 3.05. The minimum Gasteiger partial charge on any atom is -0.494 e. The highest BCUT2D eigenvalue weighted by Gasteiger charge is 2.15. The summed E-state index contributed by atoms with van der Waals surface area (Å²) in [5, 5.41) is 10.6. The molecule has 31 heavy (non-hydrogen) atoms. The number of sulfonamides is 1. The van der Waals surface area contributed by atoms with Gasteiger partial charge in [0.1, 0.15) is 5.75 Å². The second-order valence-corrected chi connectivity index (χ2v) is 8.36. The van der Waals surface area contributed by atoms with E-state index in [0.717, 1.165) is 10.9 Å². The van der Waals surface area contributed by atoms with Gasteiger partial charge in [0.05, 0.1) is 28.9 Å². The summed E-state index contributed by atoms with van der Waals surface area (Å²) < 4.78 is 33.0. The molecule has 0 bridgehead atoms. The van der Waals surface area contributed by atoms with E-state index in [0.29, 0.717) is 29.3 Å². The van der Waals surface area contributed by atoms with Gasteiger partial charge in [0.25, 0.3) is 15.9 Å².